The van der Waals surface area contributed by atoms with Gasteiger partial charge >= 0.3 is 11.8 Å². The standard InChI is InChI=1S/C12H22N2O3/c1-2-3-4-7-13-11(15)12(16)14-9-10-6-5-8-17-10/h10H,2-9H2,1H3,(H,13,15)(H,14,16). The van der Waals surface area contributed by atoms with Crippen molar-refractivity contribution in [2.45, 2.75) is 45.1 Å². The van der Waals surface area contributed by atoms with E-state index in [0.29, 0.717) is 13.1 Å². The van der Waals surface area contributed by atoms with Crippen molar-refractivity contribution in [1.82, 2.24) is 10.6 Å². The zero-order chi connectivity index (χ0) is 12.5. The van der Waals surface area contributed by atoms with E-state index in [-0.39, 0.29) is 6.10 Å². The number of hydrogen-bond donors (Lipinski definition) is 2. The predicted molar refractivity (Wildman–Crippen MR) is 64.5 cm³/mol. The van der Waals surface area contributed by atoms with E-state index in [1.54, 1.807) is 0 Å². The van der Waals surface area contributed by atoms with Gasteiger partial charge in [0.25, 0.3) is 0 Å². The molecule has 2 amide bonds. The van der Waals surface area contributed by atoms with Crippen LogP contribution in [0.4, 0.5) is 0 Å². The van der Waals surface area contributed by atoms with Crippen molar-refractivity contribution < 1.29 is 14.3 Å². The van der Waals surface area contributed by atoms with Crippen LogP contribution in [0.25, 0.3) is 0 Å². The van der Waals surface area contributed by atoms with Crippen LogP contribution in [0.1, 0.15) is 39.0 Å². The van der Waals surface area contributed by atoms with E-state index in [2.05, 4.69) is 17.6 Å². The van der Waals surface area contributed by atoms with Gasteiger partial charge in [-0.15, -0.1) is 0 Å². The first-order valence-corrected chi connectivity index (χ1v) is 6.41. The molecule has 0 bridgehead atoms. The van der Waals surface area contributed by atoms with Crippen molar-refractivity contribution in [3.8, 4) is 0 Å². The third-order valence-corrected chi connectivity index (χ3v) is 2.79. The van der Waals surface area contributed by atoms with Crippen LogP contribution in [0.5, 0.6) is 0 Å². The van der Waals surface area contributed by atoms with Crippen LogP contribution in [0.15, 0.2) is 0 Å². The minimum atomic E-state index is -0.558. The van der Waals surface area contributed by atoms with Gasteiger partial charge in [-0.05, 0) is 19.3 Å². The van der Waals surface area contributed by atoms with Crippen molar-refractivity contribution in [2.24, 2.45) is 0 Å². The lowest BCUT2D eigenvalue weighted by molar-refractivity contribution is -0.139. The molecule has 1 fully saturated rings. The highest BCUT2D eigenvalue weighted by molar-refractivity contribution is 6.35. The van der Waals surface area contributed by atoms with E-state index in [1.165, 1.54) is 0 Å². The Morgan fingerprint density at radius 3 is 2.65 bits per heavy atom. The van der Waals surface area contributed by atoms with Gasteiger partial charge in [0.2, 0.25) is 0 Å². The summed E-state index contributed by atoms with van der Waals surface area (Å²) in [5.74, 6) is -1.10. The molecule has 5 nitrogen and oxygen atoms in total. The predicted octanol–water partition coefficient (Wildman–Crippen LogP) is 0.588. The maximum absolute atomic E-state index is 11.4. The summed E-state index contributed by atoms with van der Waals surface area (Å²) in [5, 5.41) is 5.19. The number of unbranched alkanes of at least 4 members (excludes halogenated alkanes) is 2. The van der Waals surface area contributed by atoms with Crippen LogP contribution in [0, 0.1) is 0 Å². The summed E-state index contributed by atoms with van der Waals surface area (Å²) in [4.78, 5) is 22.7. The number of ether oxygens (including phenoxy) is 1. The number of nitrogens with one attached hydrogen (secondary N) is 2. The Bertz CT molecular complexity index is 250. The monoisotopic (exact) mass is 242 g/mol. The second-order valence-electron chi connectivity index (χ2n) is 4.31. The first kappa shape index (κ1) is 14.0. The molecule has 1 rings (SSSR count). The Kier molecular flexibility index (Phi) is 6.62. The van der Waals surface area contributed by atoms with E-state index in [4.69, 9.17) is 4.74 Å². The second-order valence-corrected chi connectivity index (χ2v) is 4.31. The van der Waals surface area contributed by atoms with Gasteiger partial charge in [-0.3, -0.25) is 9.59 Å². The number of amides is 2. The van der Waals surface area contributed by atoms with Crippen LogP contribution in [0.3, 0.4) is 0 Å². The third-order valence-electron chi connectivity index (χ3n) is 2.79. The Morgan fingerprint density at radius 2 is 2.00 bits per heavy atom. The van der Waals surface area contributed by atoms with Gasteiger partial charge in [0, 0.05) is 19.7 Å². The number of carbonyl (C=O) groups is 2. The van der Waals surface area contributed by atoms with E-state index < -0.39 is 11.8 Å². The molecule has 1 unspecified atom stereocenters. The van der Waals surface area contributed by atoms with Crippen molar-refractivity contribution in [2.75, 3.05) is 19.7 Å². The van der Waals surface area contributed by atoms with Crippen LogP contribution in [-0.2, 0) is 14.3 Å². The summed E-state index contributed by atoms with van der Waals surface area (Å²) in [7, 11) is 0. The van der Waals surface area contributed by atoms with Gasteiger partial charge in [-0.2, -0.15) is 0 Å². The summed E-state index contributed by atoms with van der Waals surface area (Å²) in [5.41, 5.74) is 0. The van der Waals surface area contributed by atoms with Gasteiger partial charge in [0.1, 0.15) is 0 Å². The average Bonchev–Trinajstić information content (AvgIpc) is 2.84. The smallest absolute Gasteiger partial charge is 0.309 e. The molecule has 0 spiro atoms. The topological polar surface area (TPSA) is 67.4 Å². The number of hydrogen-bond acceptors (Lipinski definition) is 3. The summed E-state index contributed by atoms with van der Waals surface area (Å²) < 4.78 is 5.35. The number of carbonyl (C=O) groups excluding carboxylic acids is 2. The molecule has 98 valence electrons. The zero-order valence-corrected chi connectivity index (χ0v) is 10.5. The van der Waals surface area contributed by atoms with E-state index in [0.717, 1.165) is 38.7 Å². The van der Waals surface area contributed by atoms with Crippen molar-refractivity contribution in [3.05, 3.63) is 0 Å². The molecule has 1 heterocycles. The highest BCUT2D eigenvalue weighted by atomic mass is 16.5. The Balaban J connectivity index is 2.07. The number of rotatable bonds is 6. The molecule has 1 aliphatic rings. The van der Waals surface area contributed by atoms with Crippen molar-refractivity contribution in [1.29, 1.82) is 0 Å². The maximum Gasteiger partial charge on any atom is 0.309 e. The lowest BCUT2D eigenvalue weighted by atomic mass is 10.2. The molecule has 0 aromatic rings. The molecule has 17 heavy (non-hydrogen) atoms. The van der Waals surface area contributed by atoms with Crippen LogP contribution < -0.4 is 10.6 Å². The van der Waals surface area contributed by atoms with Crippen LogP contribution in [0.2, 0.25) is 0 Å². The van der Waals surface area contributed by atoms with Gasteiger partial charge in [-0.25, -0.2) is 0 Å². The quantitative estimate of drug-likeness (QED) is 0.529. The molecule has 5 heteroatoms. The van der Waals surface area contributed by atoms with Crippen molar-refractivity contribution >= 4 is 11.8 Å². The molecular formula is C12H22N2O3. The SMILES string of the molecule is CCCCCNC(=O)C(=O)NCC1CCCO1. The van der Waals surface area contributed by atoms with E-state index in [1.807, 2.05) is 0 Å². The van der Waals surface area contributed by atoms with E-state index >= 15 is 0 Å². The minimum absolute atomic E-state index is 0.0758. The summed E-state index contributed by atoms with van der Waals surface area (Å²) in [6, 6.07) is 0. The van der Waals surface area contributed by atoms with Gasteiger partial charge in [0.15, 0.2) is 0 Å². The lowest BCUT2D eigenvalue weighted by Gasteiger charge is -2.10. The van der Waals surface area contributed by atoms with E-state index in [9.17, 15) is 9.59 Å². The van der Waals surface area contributed by atoms with Gasteiger partial charge in [-0.1, -0.05) is 19.8 Å². The molecule has 0 aliphatic carbocycles. The average molecular weight is 242 g/mol. The first-order valence-electron chi connectivity index (χ1n) is 6.41. The molecule has 1 aliphatic heterocycles. The molecule has 2 N–H and O–H groups in total. The lowest BCUT2D eigenvalue weighted by Crippen LogP contribution is -2.42. The molecular weight excluding hydrogens is 220 g/mol. The van der Waals surface area contributed by atoms with Crippen LogP contribution >= 0.6 is 0 Å². The highest BCUT2D eigenvalue weighted by Crippen LogP contribution is 2.10. The molecule has 0 saturated carbocycles. The highest BCUT2D eigenvalue weighted by Gasteiger charge is 2.18. The molecule has 0 aromatic heterocycles. The summed E-state index contributed by atoms with van der Waals surface area (Å²) >= 11 is 0. The maximum atomic E-state index is 11.4. The fraction of sp³-hybridized carbons (Fsp3) is 0.833. The molecule has 0 radical (unpaired) electrons. The Hall–Kier alpha value is -1.10. The summed E-state index contributed by atoms with van der Waals surface area (Å²) in [6.45, 7) is 3.85. The Morgan fingerprint density at radius 1 is 1.24 bits per heavy atom. The largest absolute Gasteiger partial charge is 0.376 e. The molecule has 1 atom stereocenters. The fourth-order valence-electron chi connectivity index (χ4n) is 1.75. The third kappa shape index (κ3) is 5.68. The minimum Gasteiger partial charge on any atom is -0.376 e. The molecule has 1 saturated heterocycles. The normalized spacial score (nSPS) is 19.0. The second kappa shape index (κ2) is 8.06. The van der Waals surface area contributed by atoms with Crippen LogP contribution in [-0.4, -0.2) is 37.6 Å². The Labute approximate surface area is 102 Å². The fourth-order valence-corrected chi connectivity index (χ4v) is 1.75. The zero-order valence-electron chi connectivity index (χ0n) is 10.5. The van der Waals surface area contributed by atoms with Gasteiger partial charge in [0.05, 0.1) is 6.10 Å². The first-order chi connectivity index (χ1) is 8.24. The molecule has 0 aromatic carbocycles. The summed E-state index contributed by atoms with van der Waals surface area (Å²) in [6.07, 6.45) is 5.15. The van der Waals surface area contributed by atoms with Crippen molar-refractivity contribution in [3.63, 3.8) is 0 Å². The van der Waals surface area contributed by atoms with Gasteiger partial charge < -0.3 is 15.4 Å².